The summed E-state index contributed by atoms with van der Waals surface area (Å²) >= 11 is 0. The van der Waals surface area contributed by atoms with Crippen LogP contribution in [-0.4, -0.2) is 5.91 Å². The molecule has 2 aliphatic rings. The van der Waals surface area contributed by atoms with Crippen molar-refractivity contribution in [2.24, 2.45) is 0 Å². The minimum absolute atomic E-state index is 0.194. The second kappa shape index (κ2) is 7.73. The maximum Gasteiger partial charge on any atom is 0.416 e. The molecule has 0 fully saturated rings. The summed E-state index contributed by atoms with van der Waals surface area (Å²) in [5.74, 6) is 1.29. The molecule has 29 heavy (non-hydrogen) atoms. The number of amides is 1. The van der Waals surface area contributed by atoms with Gasteiger partial charge in [-0.05, 0) is 55.9 Å². The number of hydrogen-bond donors (Lipinski definition) is 1. The number of nitrogens with one attached hydrogen (secondary N) is 1. The van der Waals surface area contributed by atoms with Crippen LogP contribution in [-0.2, 0) is 30.2 Å². The van der Waals surface area contributed by atoms with E-state index in [1.807, 2.05) is 0 Å². The molecule has 2 heterocycles. The first kappa shape index (κ1) is 19.8. The molecule has 1 aliphatic heterocycles. The maximum absolute atomic E-state index is 13.0. The molecule has 154 valence electrons. The van der Waals surface area contributed by atoms with Crippen LogP contribution in [0.25, 0.3) is 11.6 Å². The van der Waals surface area contributed by atoms with Crippen LogP contribution in [0.1, 0.15) is 72.8 Å². The summed E-state index contributed by atoms with van der Waals surface area (Å²) < 4.78 is 45.1. The lowest BCUT2D eigenvalue weighted by Crippen LogP contribution is -2.06. The van der Waals surface area contributed by atoms with Crippen LogP contribution in [0.4, 0.5) is 18.9 Å². The van der Waals surface area contributed by atoms with Crippen LogP contribution in [0.2, 0.25) is 0 Å². The first-order valence-corrected chi connectivity index (χ1v) is 10.3. The normalized spacial score (nSPS) is 17.4. The van der Waals surface area contributed by atoms with E-state index in [1.165, 1.54) is 11.6 Å². The van der Waals surface area contributed by atoms with E-state index in [0.29, 0.717) is 16.9 Å². The molecular formula is C23H24F3NO2. The Morgan fingerprint density at radius 3 is 2.72 bits per heavy atom. The number of furan rings is 1. The third-order valence-electron chi connectivity index (χ3n) is 5.75. The lowest BCUT2D eigenvalue weighted by molar-refractivity contribution is -0.137. The molecule has 2 aromatic rings. The third kappa shape index (κ3) is 3.85. The minimum atomic E-state index is -4.45. The fourth-order valence-electron chi connectivity index (χ4n) is 4.24. The number of unbranched alkanes of at least 4 members (excludes halogenated alkanes) is 2. The lowest BCUT2D eigenvalue weighted by Gasteiger charge is -2.10. The van der Waals surface area contributed by atoms with Gasteiger partial charge in [0.15, 0.2) is 0 Å². The minimum Gasteiger partial charge on any atom is -0.461 e. The second-order valence-corrected chi connectivity index (χ2v) is 7.78. The predicted molar refractivity (Wildman–Crippen MR) is 107 cm³/mol. The summed E-state index contributed by atoms with van der Waals surface area (Å²) in [7, 11) is 0. The summed E-state index contributed by atoms with van der Waals surface area (Å²) in [5.41, 5.74) is 2.69. The van der Waals surface area contributed by atoms with Gasteiger partial charge < -0.3 is 9.73 Å². The highest BCUT2D eigenvalue weighted by Gasteiger charge is 2.34. The molecule has 0 spiro atoms. The third-order valence-corrected chi connectivity index (χ3v) is 5.75. The molecule has 1 aliphatic carbocycles. The van der Waals surface area contributed by atoms with Crippen molar-refractivity contribution in [3.05, 3.63) is 52.0 Å². The predicted octanol–water partition coefficient (Wildman–Crippen LogP) is 6.40. The Labute approximate surface area is 168 Å². The van der Waals surface area contributed by atoms with Gasteiger partial charge in [0.25, 0.3) is 5.91 Å². The van der Waals surface area contributed by atoms with Gasteiger partial charge in [-0.25, -0.2) is 0 Å². The number of hydrogen-bond acceptors (Lipinski definition) is 2. The lowest BCUT2D eigenvalue weighted by atomic mass is 9.92. The molecule has 0 saturated carbocycles. The van der Waals surface area contributed by atoms with E-state index in [1.54, 1.807) is 6.08 Å². The largest absolute Gasteiger partial charge is 0.461 e. The molecular weight excluding hydrogens is 379 g/mol. The molecule has 1 N–H and O–H groups in total. The quantitative estimate of drug-likeness (QED) is 0.463. The van der Waals surface area contributed by atoms with E-state index in [4.69, 9.17) is 4.42 Å². The number of alkyl halides is 3. The molecule has 0 atom stereocenters. The van der Waals surface area contributed by atoms with Crippen molar-refractivity contribution >= 4 is 23.2 Å². The number of anilines is 1. The fourth-order valence-corrected chi connectivity index (χ4v) is 4.24. The number of fused-ring (bicyclic) bond motifs is 2. The Kier molecular flexibility index (Phi) is 5.28. The molecule has 1 aromatic carbocycles. The molecule has 0 unspecified atom stereocenters. The average Bonchev–Trinajstić information content (AvgIpc) is 3.18. The van der Waals surface area contributed by atoms with Crippen LogP contribution >= 0.6 is 0 Å². The van der Waals surface area contributed by atoms with Gasteiger partial charge in [-0.2, -0.15) is 13.2 Å². The smallest absolute Gasteiger partial charge is 0.416 e. The SMILES string of the molecule is CCCCCc1c(C=C2C(=O)Nc3cc(C(F)(F)F)ccc32)oc2c1CCCC2. The van der Waals surface area contributed by atoms with Crippen molar-refractivity contribution in [1.82, 2.24) is 0 Å². The van der Waals surface area contributed by atoms with Gasteiger partial charge in [0.1, 0.15) is 11.5 Å². The summed E-state index contributed by atoms with van der Waals surface area (Å²) in [6.07, 6.45) is 5.57. The number of carbonyl (C=O) groups excluding carboxylic acids is 1. The first-order valence-electron chi connectivity index (χ1n) is 10.3. The van der Waals surface area contributed by atoms with Crippen LogP contribution in [0.15, 0.2) is 22.6 Å². The van der Waals surface area contributed by atoms with Crippen molar-refractivity contribution < 1.29 is 22.4 Å². The summed E-state index contributed by atoms with van der Waals surface area (Å²) in [6, 6.07) is 3.37. The van der Waals surface area contributed by atoms with Crippen molar-refractivity contribution in [2.75, 3.05) is 5.32 Å². The number of aryl methyl sites for hydroxylation is 1. The van der Waals surface area contributed by atoms with Gasteiger partial charge in [0.2, 0.25) is 0 Å². The molecule has 1 amide bonds. The molecule has 0 radical (unpaired) electrons. The Bertz CT molecular complexity index is 969. The standard InChI is InChI=1S/C23H24F3NO2/c1-2-3-4-7-17-16-8-5-6-9-20(16)29-21(17)13-18-15-11-10-14(23(24,25)26)12-19(15)27-22(18)28/h10-13H,2-9H2,1H3,(H,27,28). The highest BCUT2D eigenvalue weighted by molar-refractivity contribution is 6.34. The highest BCUT2D eigenvalue weighted by Crippen LogP contribution is 2.40. The molecule has 3 nitrogen and oxygen atoms in total. The summed E-state index contributed by atoms with van der Waals surface area (Å²) in [4.78, 5) is 12.5. The van der Waals surface area contributed by atoms with E-state index in [0.717, 1.165) is 74.8 Å². The van der Waals surface area contributed by atoms with E-state index >= 15 is 0 Å². The summed E-state index contributed by atoms with van der Waals surface area (Å²) in [5, 5.41) is 2.56. The van der Waals surface area contributed by atoms with Crippen molar-refractivity contribution in [1.29, 1.82) is 0 Å². The van der Waals surface area contributed by atoms with Crippen LogP contribution < -0.4 is 5.32 Å². The van der Waals surface area contributed by atoms with Crippen molar-refractivity contribution in [3.63, 3.8) is 0 Å². The van der Waals surface area contributed by atoms with E-state index < -0.39 is 17.6 Å². The highest BCUT2D eigenvalue weighted by atomic mass is 19.4. The molecule has 4 rings (SSSR count). The van der Waals surface area contributed by atoms with E-state index in [-0.39, 0.29) is 5.69 Å². The van der Waals surface area contributed by atoms with Gasteiger partial charge in [-0.3, -0.25) is 4.79 Å². The van der Waals surface area contributed by atoms with Gasteiger partial charge >= 0.3 is 6.18 Å². The number of rotatable bonds is 5. The second-order valence-electron chi connectivity index (χ2n) is 7.78. The Hall–Kier alpha value is -2.50. The zero-order chi connectivity index (χ0) is 20.6. The van der Waals surface area contributed by atoms with Gasteiger partial charge in [-0.1, -0.05) is 25.8 Å². The van der Waals surface area contributed by atoms with Crippen molar-refractivity contribution in [3.8, 4) is 0 Å². The number of halogens is 3. The Morgan fingerprint density at radius 1 is 1.17 bits per heavy atom. The Morgan fingerprint density at radius 2 is 1.97 bits per heavy atom. The number of carbonyl (C=O) groups is 1. The monoisotopic (exact) mass is 403 g/mol. The van der Waals surface area contributed by atoms with E-state index in [9.17, 15) is 18.0 Å². The molecule has 0 saturated heterocycles. The number of benzene rings is 1. The van der Waals surface area contributed by atoms with Gasteiger partial charge in [0.05, 0.1) is 11.1 Å². The first-order chi connectivity index (χ1) is 13.9. The average molecular weight is 403 g/mol. The zero-order valence-electron chi connectivity index (χ0n) is 16.4. The zero-order valence-corrected chi connectivity index (χ0v) is 16.4. The van der Waals surface area contributed by atoms with Crippen LogP contribution in [0.3, 0.4) is 0 Å². The van der Waals surface area contributed by atoms with E-state index in [2.05, 4.69) is 12.2 Å². The van der Waals surface area contributed by atoms with Crippen molar-refractivity contribution in [2.45, 2.75) is 64.5 Å². The fraction of sp³-hybridized carbons (Fsp3) is 0.435. The summed E-state index contributed by atoms with van der Waals surface area (Å²) in [6.45, 7) is 2.16. The molecule has 0 bridgehead atoms. The molecule has 1 aromatic heterocycles. The van der Waals surface area contributed by atoms with Crippen LogP contribution in [0, 0.1) is 0 Å². The van der Waals surface area contributed by atoms with Crippen LogP contribution in [0.5, 0.6) is 0 Å². The van der Waals surface area contributed by atoms with Gasteiger partial charge in [0, 0.05) is 23.2 Å². The topological polar surface area (TPSA) is 42.2 Å². The maximum atomic E-state index is 13.0. The Balaban J connectivity index is 1.73. The van der Waals surface area contributed by atoms with Gasteiger partial charge in [-0.15, -0.1) is 0 Å². The molecule has 6 heteroatoms.